The highest BCUT2D eigenvalue weighted by Crippen LogP contribution is 2.23. The van der Waals surface area contributed by atoms with Crippen molar-refractivity contribution in [3.8, 4) is 0 Å². The lowest BCUT2D eigenvalue weighted by atomic mass is 10.0. The molecule has 0 radical (unpaired) electrons. The summed E-state index contributed by atoms with van der Waals surface area (Å²) < 4.78 is 5.69. The minimum absolute atomic E-state index is 0.137. The summed E-state index contributed by atoms with van der Waals surface area (Å²) in [5, 5.41) is 0. The number of hydrogen-bond acceptors (Lipinski definition) is 4. The molecule has 1 unspecified atom stereocenters. The summed E-state index contributed by atoms with van der Waals surface area (Å²) in [4.78, 5) is 21.0. The van der Waals surface area contributed by atoms with Gasteiger partial charge in [0.15, 0.2) is 0 Å². The second kappa shape index (κ2) is 13.1. The van der Waals surface area contributed by atoms with Gasteiger partial charge in [-0.2, -0.15) is 0 Å². The zero-order valence-electron chi connectivity index (χ0n) is 18.3. The van der Waals surface area contributed by atoms with Gasteiger partial charge in [0.25, 0.3) is 0 Å². The van der Waals surface area contributed by atoms with Crippen molar-refractivity contribution in [3.05, 3.63) is 59.2 Å². The molecule has 0 saturated heterocycles. The van der Waals surface area contributed by atoms with Crippen LogP contribution in [0, 0.1) is 0 Å². The van der Waals surface area contributed by atoms with Crippen LogP contribution in [0.5, 0.6) is 0 Å². The van der Waals surface area contributed by atoms with Crippen LogP contribution in [0.2, 0.25) is 0 Å². The fraction of sp³-hybridized carbons (Fsp3) is 0.560. The van der Waals surface area contributed by atoms with E-state index in [0.717, 1.165) is 36.8 Å². The number of nitrogens with zero attached hydrogens (tertiary/aromatic N) is 2. The lowest BCUT2D eigenvalue weighted by Gasteiger charge is -2.16. The maximum Gasteiger partial charge on any atom is 0.376 e. The number of hydrogen-bond donors (Lipinski definition) is 0. The SMILES string of the molecule is CCCCCCCc1cnc(C(=O)OC(CC)c2ccc(CCCC)cc2)nc1. The number of benzene rings is 1. The molecule has 0 aliphatic rings. The van der Waals surface area contributed by atoms with Crippen molar-refractivity contribution in [2.45, 2.75) is 91.1 Å². The number of aromatic nitrogens is 2. The average Bonchev–Trinajstić information content (AvgIpc) is 2.76. The lowest BCUT2D eigenvalue weighted by molar-refractivity contribution is 0.0273. The Labute approximate surface area is 176 Å². The van der Waals surface area contributed by atoms with Gasteiger partial charge in [-0.05, 0) is 48.8 Å². The number of esters is 1. The highest BCUT2D eigenvalue weighted by Gasteiger charge is 2.18. The van der Waals surface area contributed by atoms with Crippen LogP contribution >= 0.6 is 0 Å². The molecule has 4 heteroatoms. The molecule has 2 aromatic rings. The predicted octanol–water partition coefficient (Wildman–Crippen LogP) is 6.64. The smallest absolute Gasteiger partial charge is 0.376 e. The molecule has 2 rings (SSSR count). The van der Waals surface area contributed by atoms with E-state index in [9.17, 15) is 4.79 Å². The van der Waals surface area contributed by atoms with E-state index < -0.39 is 5.97 Å². The van der Waals surface area contributed by atoms with Gasteiger partial charge in [0.1, 0.15) is 6.10 Å². The van der Waals surface area contributed by atoms with Gasteiger partial charge in [0, 0.05) is 12.4 Å². The van der Waals surface area contributed by atoms with Gasteiger partial charge in [0.05, 0.1) is 0 Å². The molecule has 0 spiro atoms. The summed E-state index contributed by atoms with van der Waals surface area (Å²) in [5.74, 6) is -0.320. The molecule has 0 aliphatic heterocycles. The largest absolute Gasteiger partial charge is 0.452 e. The number of rotatable bonds is 13. The van der Waals surface area contributed by atoms with E-state index in [0.29, 0.717) is 0 Å². The van der Waals surface area contributed by atoms with Gasteiger partial charge >= 0.3 is 5.97 Å². The van der Waals surface area contributed by atoms with E-state index in [1.54, 1.807) is 12.4 Å². The molecule has 4 nitrogen and oxygen atoms in total. The number of carbonyl (C=O) groups is 1. The zero-order valence-corrected chi connectivity index (χ0v) is 18.3. The quantitative estimate of drug-likeness (QED) is 0.281. The summed E-state index contributed by atoms with van der Waals surface area (Å²) in [6.07, 6.45) is 14.6. The third-order valence-corrected chi connectivity index (χ3v) is 5.25. The summed E-state index contributed by atoms with van der Waals surface area (Å²) >= 11 is 0. The van der Waals surface area contributed by atoms with E-state index >= 15 is 0 Å². The molecule has 1 heterocycles. The van der Waals surface area contributed by atoms with Crippen molar-refractivity contribution in [2.75, 3.05) is 0 Å². The highest BCUT2D eigenvalue weighted by atomic mass is 16.5. The van der Waals surface area contributed by atoms with E-state index in [2.05, 4.69) is 48.1 Å². The van der Waals surface area contributed by atoms with E-state index in [1.165, 1.54) is 44.1 Å². The molecule has 0 aliphatic carbocycles. The molecule has 0 saturated carbocycles. The Hall–Kier alpha value is -2.23. The molecule has 0 bridgehead atoms. The van der Waals surface area contributed by atoms with Gasteiger partial charge in [-0.25, -0.2) is 14.8 Å². The van der Waals surface area contributed by atoms with Crippen LogP contribution in [0.4, 0.5) is 0 Å². The number of unbranched alkanes of at least 4 members (excludes halogenated alkanes) is 5. The van der Waals surface area contributed by atoms with Crippen LogP contribution in [-0.2, 0) is 17.6 Å². The molecular weight excluding hydrogens is 360 g/mol. The number of carbonyl (C=O) groups excluding carboxylic acids is 1. The number of ether oxygens (including phenoxy) is 1. The Balaban J connectivity index is 1.88. The monoisotopic (exact) mass is 396 g/mol. The van der Waals surface area contributed by atoms with Gasteiger partial charge in [-0.1, -0.05) is 77.1 Å². The van der Waals surface area contributed by atoms with E-state index in [-0.39, 0.29) is 11.9 Å². The number of aryl methyl sites for hydroxylation is 2. The molecule has 0 N–H and O–H groups in total. The summed E-state index contributed by atoms with van der Waals surface area (Å²) in [6.45, 7) is 6.44. The molecule has 0 amide bonds. The molecule has 29 heavy (non-hydrogen) atoms. The summed E-state index contributed by atoms with van der Waals surface area (Å²) in [5.41, 5.74) is 3.42. The fourth-order valence-corrected chi connectivity index (χ4v) is 3.37. The summed E-state index contributed by atoms with van der Waals surface area (Å²) in [7, 11) is 0. The van der Waals surface area contributed by atoms with Gasteiger partial charge in [0.2, 0.25) is 5.82 Å². The Morgan fingerprint density at radius 2 is 1.45 bits per heavy atom. The zero-order chi connectivity index (χ0) is 20.9. The lowest BCUT2D eigenvalue weighted by Crippen LogP contribution is -2.14. The first-order valence-corrected chi connectivity index (χ1v) is 11.3. The molecule has 1 atom stereocenters. The first-order chi connectivity index (χ1) is 14.2. The maximum atomic E-state index is 12.5. The van der Waals surface area contributed by atoms with Crippen LogP contribution in [0.25, 0.3) is 0 Å². The van der Waals surface area contributed by atoms with Crippen molar-refractivity contribution in [1.82, 2.24) is 9.97 Å². The van der Waals surface area contributed by atoms with Crippen LogP contribution in [-0.4, -0.2) is 15.9 Å². The molecular formula is C25H36N2O2. The summed E-state index contributed by atoms with van der Waals surface area (Å²) in [6, 6.07) is 8.39. The van der Waals surface area contributed by atoms with E-state index in [4.69, 9.17) is 4.74 Å². The Bertz CT molecular complexity index is 711. The molecule has 158 valence electrons. The van der Waals surface area contributed by atoms with Gasteiger partial charge in [-0.3, -0.25) is 0 Å². The molecule has 1 aromatic heterocycles. The van der Waals surface area contributed by atoms with Crippen molar-refractivity contribution < 1.29 is 9.53 Å². The van der Waals surface area contributed by atoms with Gasteiger partial charge in [-0.15, -0.1) is 0 Å². The van der Waals surface area contributed by atoms with Gasteiger partial charge < -0.3 is 4.74 Å². The third-order valence-electron chi connectivity index (χ3n) is 5.25. The van der Waals surface area contributed by atoms with Crippen LogP contribution < -0.4 is 0 Å². The van der Waals surface area contributed by atoms with Crippen LogP contribution in [0.3, 0.4) is 0 Å². The van der Waals surface area contributed by atoms with E-state index in [1.807, 2.05) is 6.92 Å². The first-order valence-electron chi connectivity index (χ1n) is 11.3. The average molecular weight is 397 g/mol. The second-order valence-electron chi connectivity index (χ2n) is 7.73. The standard InChI is InChI=1S/C25H36N2O2/c1-4-7-9-10-11-13-21-18-26-24(27-19-21)25(28)29-23(6-3)22-16-14-20(15-17-22)12-8-5-2/h14-19,23H,4-13H2,1-3H3. The Morgan fingerprint density at radius 1 is 0.828 bits per heavy atom. The normalized spacial score (nSPS) is 12.0. The predicted molar refractivity (Wildman–Crippen MR) is 118 cm³/mol. The Morgan fingerprint density at radius 3 is 2.07 bits per heavy atom. The second-order valence-corrected chi connectivity index (χ2v) is 7.73. The first kappa shape index (κ1) is 23.1. The maximum absolute atomic E-state index is 12.5. The fourth-order valence-electron chi connectivity index (χ4n) is 3.37. The van der Waals surface area contributed by atoms with Crippen LogP contribution in [0.1, 0.15) is 106 Å². The Kier molecular flexibility index (Phi) is 10.4. The van der Waals surface area contributed by atoms with Crippen molar-refractivity contribution in [2.24, 2.45) is 0 Å². The minimum Gasteiger partial charge on any atom is -0.452 e. The third kappa shape index (κ3) is 7.96. The molecule has 1 aromatic carbocycles. The minimum atomic E-state index is -0.457. The van der Waals surface area contributed by atoms with Crippen molar-refractivity contribution in [1.29, 1.82) is 0 Å². The highest BCUT2D eigenvalue weighted by molar-refractivity contribution is 5.85. The molecule has 0 fully saturated rings. The van der Waals surface area contributed by atoms with Crippen molar-refractivity contribution in [3.63, 3.8) is 0 Å². The topological polar surface area (TPSA) is 52.1 Å². The van der Waals surface area contributed by atoms with Crippen LogP contribution in [0.15, 0.2) is 36.7 Å². The van der Waals surface area contributed by atoms with Crippen molar-refractivity contribution >= 4 is 5.97 Å².